The average Bonchev–Trinajstić information content (AvgIpc) is 2.03. The molecule has 1 rings (SSSR count). The summed E-state index contributed by atoms with van der Waals surface area (Å²) in [7, 11) is 3.88. The van der Waals surface area contributed by atoms with Crippen molar-refractivity contribution in [1.29, 1.82) is 0 Å². The van der Waals surface area contributed by atoms with Crippen LogP contribution in [0.5, 0.6) is 0 Å². The summed E-state index contributed by atoms with van der Waals surface area (Å²) in [6, 6.07) is 1.95. The fourth-order valence-electron chi connectivity index (χ4n) is 1.00. The molecule has 0 bridgehead atoms. The van der Waals surface area contributed by atoms with E-state index in [-0.39, 0.29) is 0 Å². The van der Waals surface area contributed by atoms with E-state index in [1.54, 1.807) is 6.20 Å². The normalized spacial score (nSPS) is 12.6. The average molecular weight is 244 g/mol. The quantitative estimate of drug-likeness (QED) is 0.760. The molecule has 0 aromatic carbocycles. The first kappa shape index (κ1) is 10.4. The summed E-state index contributed by atoms with van der Waals surface area (Å²) in [4.78, 5) is 10.9. The van der Waals surface area contributed by atoms with Crippen LogP contribution in [0.15, 0.2) is 12.3 Å². The monoisotopic (exact) mass is 243 g/mol. The highest BCUT2D eigenvalue weighted by Crippen LogP contribution is 2.09. The molecule has 72 valence electrons. The molecule has 1 aromatic rings. The fraction of sp³-hybridized carbons (Fsp3) is 0.556. The SMILES string of the molecule is CC(Br)Cc1ccnc(N(C)C)n1. The lowest BCUT2D eigenvalue weighted by atomic mass is 10.2. The van der Waals surface area contributed by atoms with E-state index in [2.05, 4.69) is 32.8 Å². The second kappa shape index (κ2) is 4.56. The molecule has 0 aliphatic rings. The first-order chi connectivity index (χ1) is 6.09. The molecule has 1 atom stereocenters. The van der Waals surface area contributed by atoms with Crippen molar-refractivity contribution in [3.8, 4) is 0 Å². The van der Waals surface area contributed by atoms with Crippen LogP contribution in [0.3, 0.4) is 0 Å². The summed E-state index contributed by atoms with van der Waals surface area (Å²) in [6.07, 6.45) is 2.73. The Morgan fingerprint density at radius 2 is 2.23 bits per heavy atom. The van der Waals surface area contributed by atoms with E-state index in [1.807, 2.05) is 25.1 Å². The lowest BCUT2D eigenvalue weighted by molar-refractivity contribution is 0.882. The Bertz CT molecular complexity index is 273. The van der Waals surface area contributed by atoms with Crippen LogP contribution >= 0.6 is 15.9 Å². The number of anilines is 1. The zero-order chi connectivity index (χ0) is 9.84. The van der Waals surface area contributed by atoms with Gasteiger partial charge in [0.25, 0.3) is 0 Å². The molecule has 0 fully saturated rings. The largest absolute Gasteiger partial charge is 0.347 e. The van der Waals surface area contributed by atoms with Crippen molar-refractivity contribution < 1.29 is 0 Å². The van der Waals surface area contributed by atoms with Gasteiger partial charge in [0.15, 0.2) is 0 Å². The number of aromatic nitrogens is 2. The van der Waals surface area contributed by atoms with Crippen molar-refractivity contribution in [1.82, 2.24) is 9.97 Å². The predicted molar refractivity (Wildman–Crippen MR) is 58.5 cm³/mol. The smallest absolute Gasteiger partial charge is 0.224 e. The van der Waals surface area contributed by atoms with E-state index in [0.717, 1.165) is 18.1 Å². The maximum Gasteiger partial charge on any atom is 0.224 e. The molecule has 1 aromatic heterocycles. The number of halogens is 1. The first-order valence-electron chi connectivity index (χ1n) is 4.23. The Hall–Kier alpha value is -0.640. The summed E-state index contributed by atoms with van der Waals surface area (Å²) in [5.74, 6) is 0.769. The van der Waals surface area contributed by atoms with Crippen molar-refractivity contribution in [2.45, 2.75) is 18.2 Å². The van der Waals surface area contributed by atoms with Gasteiger partial charge in [-0.3, -0.25) is 0 Å². The summed E-state index contributed by atoms with van der Waals surface area (Å²) in [5, 5.41) is 0. The van der Waals surface area contributed by atoms with Gasteiger partial charge in [-0.2, -0.15) is 0 Å². The standard InChI is InChI=1S/C9H14BrN3/c1-7(10)6-8-4-5-11-9(12-8)13(2)3/h4-5,7H,6H2,1-3H3. The highest BCUT2D eigenvalue weighted by atomic mass is 79.9. The van der Waals surface area contributed by atoms with Crippen LogP contribution in [-0.2, 0) is 6.42 Å². The molecule has 0 aliphatic carbocycles. The molecule has 13 heavy (non-hydrogen) atoms. The molecule has 0 radical (unpaired) electrons. The van der Waals surface area contributed by atoms with E-state index in [1.165, 1.54) is 0 Å². The van der Waals surface area contributed by atoms with E-state index in [9.17, 15) is 0 Å². The Balaban J connectivity index is 2.79. The Kier molecular flexibility index (Phi) is 3.66. The molecule has 1 heterocycles. The number of rotatable bonds is 3. The van der Waals surface area contributed by atoms with Gasteiger partial charge in [0.2, 0.25) is 5.95 Å². The van der Waals surface area contributed by atoms with Crippen LogP contribution in [0.4, 0.5) is 5.95 Å². The molecule has 0 saturated heterocycles. The second-order valence-electron chi connectivity index (χ2n) is 3.23. The predicted octanol–water partition coefficient (Wildman–Crippen LogP) is 1.87. The van der Waals surface area contributed by atoms with Gasteiger partial charge in [0, 0.05) is 37.2 Å². The third kappa shape index (κ3) is 3.30. The van der Waals surface area contributed by atoms with Crippen LogP contribution in [0.1, 0.15) is 12.6 Å². The van der Waals surface area contributed by atoms with Crippen molar-refractivity contribution in [2.75, 3.05) is 19.0 Å². The molecule has 0 N–H and O–H groups in total. The topological polar surface area (TPSA) is 29.0 Å². The first-order valence-corrected chi connectivity index (χ1v) is 5.14. The molecular formula is C9H14BrN3. The van der Waals surface area contributed by atoms with Crippen LogP contribution in [0.2, 0.25) is 0 Å². The van der Waals surface area contributed by atoms with Gasteiger partial charge in [-0.15, -0.1) is 0 Å². The van der Waals surface area contributed by atoms with Gasteiger partial charge in [0.05, 0.1) is 0 Å². The van der Waals surface area contributed by atoms with Gasteiger partial charge in [0.1, 0.15) is 0 Å². The number of hydrogen-bond acceptors (Lipinski definition) is 3. The highest BCUT2D eigenvalue weighted by molar-refractivity contribution is 9.09. The zero-order valence-electron chi connectivity index (χ0n) is 8.16. The third-order valence-corrected chi connectivity index (χ3v) is 1.91. The van der Waals surface area contributed by atoms with Gasteiger partial charge >= 0.3 is 0 Å². The van der Waals surface area contributed by atoms with Crippen molar-refractivity contribution in [2.24, 2.45) is 0 Å². The van der Waals surface area contributed by atoms with Crippen LogP contribution < -0.4 is 4.90 Å². The molecule has 3 nitrogen and oxygen atoms in total. The van der Waals surface area contributed by atoms with E-state index in [4.69, 9.17) is 0 Å². The molecular weight excluding hydrogens is 230 g/mol. The van der Waals surface area contributed by atoms with Gasteiger partial charge in [-0.05, 0) is 6.07 Å². The minimum atomic E-state index is 0.456. The molecule has 0 amide bonds. The van der Waals surface area contributed by atoms with Crippen molar-refractivity contribution >= 4 is 21.9 Å². The lowest BCUT2D eigenvalue weighted by Crippen LogP contribution is -2.13. The van der Waals surface area contributed by atoms with Gasteiger partial charge < -0.3 is 4.90 Å². The van der Waals surface area contributed by atoms with Crippen molar-refractivity contribution in [3.05, 3.63) is 18.0 Å². The Morgan fingerprint density at radius 3 is 2.77 bits per heavy atom. The number of alkyl halides is 1. The van der Waals surface area contributed by atoms with E-state index in [0.29, 0.717) is 4.83 Å². The minimum Gasteiger partial charge on any atom is -0.347 e. The molecule has 0 spiro atoms. The van der Waals surface area contributed by atoms with E-state index < -0.39 is 0 Å². The Labute approximate surface area is 87.3 Å². The minimum absolute atomic E-state index is 0.456. The number of nitrogens with zero attached hydrogens (tertiary/aromatic N) is 3. The summed E-state index contributed by atoms with van der Waals surface area (Å²) in [5.41, 5.74) is 1.07. The molecule has 4 heteroatoms. The van der Waals surface area contributed by atoms with Crippen LogP contribution in [-0.4, -0.2) is 28.9 Å². The van der Waals surface area contributed by atoms with Gasteiger partial charge in [-0.1, -0.05) is 22.9 Å². The number of hydrogen-bond donors (Lipinski definition) is 0. The fourth-order valence-corrected chi connectivity index (χ4v) is 1.33. The second-order valence-corrected chi connectivity index (χ2v) is 4.79. The Morgan fingerprint density at radius 1 is 1.54 bits per heavy atom. The summed E-state index contributed by atoms with van der Waals surface area (Å²) >= 11 is 3.50. The highest BCUT2D eigenvalue weighted by Gasteiger charge is 2.03. The molecule has 0 saturated carbocycles. The van der Waals surface area contributed by atoms with Gasteiger partial charge in [-0.25, -0.2) is 9.97 Å². The molecule has 1 unspecified atom stereocenters. The maximum absolute atomic E-state index is 4.40. The summed E-state index contributed by atoms with van der Waals surface area (Å²) < 4.78 is 0. The van der Waals surface area contributed by atoms with Crippen molar-refractivity contribution in [3.63, 3.8) is 0 Å². The molecule has 0 aliphatic heterocycles. The van der Waals surface area contributed by atoms with Crippen LogP contribution in [0, 0.1) is 0 Å². The zero-order valence-corrected chi connectivity index (χ0v) is 9.74. The summed E-state index contributed by atoms with van der Waals surface area (Å²) in [6.45, 7) is 2.11. The van der Waals surface area contributed by atoms with E-state index >= 15 is 0 Å². The lowest BCUT2D eigenvalue weighted by Gasteiger charge is -2.10. The third-order valence-electron chi connectivity index (χ3n) is 1.59. The maximum atomic E-state index is 4.40. The van der Waals surface area contributed by atoms with Crippen LogP contribution in [0.25, 0.3) is 0 Å².